The molecule has 1 aromatic rings. The molecule has 0 N–H and O–H groups in total. The number of Topliss-reactive ketones (excluding diaryl/α,β-unsaturated/α-hetero) is 1. The zero-order valence-corrected chi connectivity index (χ0v) is 9.41. The van der Waals surface area contributed by atoms with Crippen LogP contribution in [0.5, 0.6) is 0 Å². The monoisotopic (exact) mass is 215 g/mol. The maximum atomic E-state index is 12.1. The fraction of sp³-hybridized carbons (Fsp3) is 0.231. The van der Waals surface area contributed by atoms with Crippen molar-refractivity contribution in [1.82, 2.24) is 4.90 Å². The number of likely N-dealkylation sites (N-methyl/N-ethyl adjacent to an activating group) is 1. The Morgan fingerprint density at radius 3 is 2.69 bits per heavy atom. The van der Waals surface area contributed by atoms with E-state index in [1.165, 1.54) is 4.90 Å². The number of aryl methyl sites for hydroxylation is 1. The summed E-state index contributed by atoms with van der Waals surface area (Å²) in [6.07, 6.45) is 0. The highest BCUT2D eigenvalue weighted by atomic mass is 16.2. The van der Waals surface area contributed by atoms with Crippen LogP contribution in [0.3, 0.4) is 0 Å². The highest BCUT2D eigenvalue weighted by Gasteiger charge is 2.27. The molecule has 0 saturated carbocycles. The second-order valence-electron chi connectivity index (χ2n) is 4.09. The van der Waals surface area contributed by atoms with Crippen molar-refractivity contribution in [2.75, 3.05) is 13.6 Å². The number of hydrogen-bond donors (Lipinski definition) is 0. The van der Waals surface area contributed by atoms with Crippen molar-refractivity contribution in [3.63, 3.8) is 0 Å². The predicted molar refractivity (Wildman–Crippen MR) is 61.6 cm³/mol. The third-order valence-electron chi connectivity index (χ3n) is 2.83. The van der Waals surface area contributed by atoms with Gasteiger partial charge in [0.2, 0.25) is 0 Å². The van der Waals surface area contributed by atoms with Crippen molar-refractivity contribution in [2.24, 2.45) is 0 Å². The molecular weight excluding hydrogens is 202 g/mol. The number of nitrogens with zero attached hydrogens (tertiary/aromatic N) is 1. The first-order chi connectivity index (χ1) is 7.52. The molecule has 0 atom stereocenters. The summed E-state index contributed by atoms with van der Waals surface area (Å²) in [6, 6.07) is 5.32. The molecule has 1 aliphatic rings. The molecule has 3 nitrogen and oxygen atoms in total. The van der Waals surface area contributed by atoms with Gasteiger partial charge in [-0.05, 0) is 18.6 Å². The SMILES string of the molecule is C=C1CN(C)C(=O)c2cccc(C)c2C1=O. The number of amides is 1. The minimum Gasteiger partial charge on any atom is -0.337 e. The van der Waals surface area contributed by atoms with E-state index in [9.17, 15) is 9.59 Å². The molecule has 0 spiro atoms. The number of fused-ring (bicyclic) bond motifs is 1. The lowest BCUT2D eigenvalue weighted by Crippen LogP contribution is -2.27. The molecule has 0 saturated heterocycles. The van der Waals surface area contributed by atoms with E-state index in [1.807, 2.05) is 13.0 Å². The molecule has 82 valence electrons. The quantitative estimate of drug-likeness (QED) is 0.619. The number of carbonyl (C=O) groups is 2. The van der Waals surface area contributed by atoms with Gasteiger partial charge in [-0.3, -0.25) is 9.59 Å². The fourth-order valence-electron chi connectivity index (χ4n) is 1.96. The lowest BCUT2D eigenvalue weighted by atomic mass is 9.96. The van der Waals surface area contributed by atoms with Crippen molar-refractivity contribution in [2.45, 2.75) is 6.92 Å². The van der Waals surface area contributed by atoms with Crippen molar-refractivity contribution in [3.8, 4) is 0 Å². The Bertz CT molecular complexity index is 503. The molecule has 2 rings (SSSR count). The summed E-state index contributed by atoms with van der Waals surface area (Å²) in [5.41, 5.74) is 2.27. The van der Waals surface area contributed by atoms with Gasteiger partial charge in [0.15, 0.2) is 5.78 Å². The second-order valence-corrected chi connectivity index (χ2v) is 4.09. The van der Waals surface area contributed by atoms with Crippen LogP contribution in [0.2, 0.25) is 0 Å². The average molecular weight is 215 g/mol. The molecule has 3 heteroatoms. The van der Waals surface area contributed by atoms with Crippen molar-refractivity contribution in [1.29, 1.82) is 0 Å². The van der Waals surface area contributed by atoms with Crippen LogP contribution in [0.25, 0.3) is 0 Å². The first-order valence-corrected chi connectivity index (χ1v) is 5.10. The van der Waals surface area contributed by atoms with Crippen LogP contribution in [-0.4, -0.2) is 30.2 Å². The lowest BCUT2D eigenvalue weighted by molar-refractivity contribution is 0.0810. The second kappa shape index (κ2) is 3.59. The Balaban J connectivity index is 2.72. The lowest BCUT2D eigenvalue weighted by Gasteiger charge is -2.13. The van der Waals surface area contributed by atoms with Gasteiger partial charge in [-0.2, -0.15) is 0 Å². The molecule has 0 aliphatic carbocycles. The smallest absolute Gasteiger partial charge is 0.254 e. The van der Waals surface area contributed by atoms with Crippen molar-refractivity contribution < 1.29 is 9.59 Å². The summed E-state index contributed by atoms with van der Waals surface area (Å²) in [6.45, 7) is 5.87. The van der Waals surface area contributed by atoms with E-state index in [-0.39, 0.29) is 11.7 Å². The Labute approximate surface area is 94.4 Å². The molecule has 0 unspecified atom stereocenters. The zero-order chi connectivity index (χ0) is 11.9. The van der Waals surface area contributed by atoms with Gasteiger partial charge in [-0.25, -0.2) is 0 Å². The number of rotatable bonds is 0. The van der Waals surface area contributed by atoms with Crippen molar-refractivity contribution >= 4 is 11.7 Å². The molecule has 0 aromatic heterocycles. The van der Waals surface area contributed by atoms with Gasteiger partial charge < -0.3 is 4.90 Å². The maximum Gasteiger partial charge on any atom is 0.254 e. The Morgan fingerprint density at radius 1 is 1.31 bits per heavy atom. The Morgan fingerprint density at radius 2 is 2.00 bits per heavy atom. The summed E-state index contributed by atoms with van der Waals surface area (Å²) < 4.78 is 0. The average Bonchev–Trinajstić information content (AvgIpc) is 2.32. The highest BCUT2D eigenvalue weighted by molar-refractivity contribution is 6.17. The number of carbonyl (C=O) groups excluding carboxylic acids is 2. The van der Waals surface area contributed by atoms with Gasteiger partial charge in [0.05, 0.1) is 5.56 Å². The minimum absolute atomic E-state index is 0.120. The maximum absolute atomic E-state index is 12.1. The largest absolute Gasteiger partial charge is 0.337 e. The highest BCUT2D eigenvalue weighted by Crippen LogP contribution is 2.23. The van der Waals surface area contributed by atoms with E-state index in [0.717, 1.165) is 5.56 Å². The molecule has 0 bridgehead atoms. The van der Waals surface area contributed by atoms with Crippen LogP contribution in [0.1, 0.15) is 26.3 Å². The summed E-state index contributed by atoms with van der Waals surface area (Å²) in [5, 5.41) is 0. The van der Waals surface area contributed by atoms with Crippen LogP contribution in [0.4, 0.5) is 0 Å². The van der Waals surface area contributed by atoms with E-state index >= 15 is 0 Å². The molecule has 1 amide bonds. The Hall–Kier alpha value is -1.90. The zero-order valence-electron chi connectivity index (χ0n) is 9.41. The van der Waals surface area contributed by atoms with Gasteiger partial charge in [0, 0.05) is 24.7 Å². The van der Waals surface area contributed by atoms with E-state index in [1.54, 1.807) is 19.2 Å². The van der Waals surface area contributed by atoms with Crippen LogP contribution in [0.15, 0.2) is 30.4 Å². The van der Waals surface area contributed by atoms with E-state index in [2.05, 4.69) is 6.58 Å². The van der Waals surface area contributed by atoms with Gasteiger partial charge in [0.1, 0.15) is 0 Å². The summed E-state index contributed by atoms with van der Waals surface area (Å²) in [7, 11) is 1.68. The minimum atomic E-state index is -0.120. The van der Waals surface area contributed by atoms with Gasteiger partial charge >= 0.3 is 0 Å². The molecule has 1 aliphatic heterocycles. The van der Waals surface area contributed by atoms with Gasteiger partial charge in [-0.1, -0.05) is 18.7 Å². The third-order valence-corrected chi connectivity index (χ3v) is 2.83. The number of ketones is 1. The standard InChI is InChI=1S/C13H13NO2/c1-8-5-4-6-10-11(8)12(15)9(2)7-14(3)13(10)16/h4-6H,2,7H2,1,3H3. The van der Waals surface area contributed by atoms with Gasteiger partial charge in [-0.15, -0.1) is 0 Å². The van der Waals surface area contributed by atoms with Crippen molar-refractivity contribution in [3.05, 3.63) is 47.0 Å². The fourth-order valence-corrected chi connectivity index (χ4v) is 1.96. The van der Waals surface area contributed by atoms with Crippen LogP contribution in [0, 0.1) is 6.92 Å². The summed E-state index contributed by atoms with van der Waals surface area (Å²) in [4.78, 5) is 25.6. The van der Waals surface area contributed by atoms with Crippen LogP contribution >= 0.6 is 0 Å². The molecule has 0 fully saturated rings. The van der Waals surface area contributed by atoms with E-state index in [0.29, 0.717) is 23.2 Å². The molecule has 16 heavy (non-hydrogen) atoms. The van der Waals surface area contributed by atoms with E-state index < -0.39 is 0 Å². The van der Waals surface area contributed by atoms with E-state index in [4.69, 9.17) is 0 Å². The topological polar surface area (TPSA) is 37.4 Å². The first-order valence-electron chi connectivity index (χ1n) is 5.10. The molecule has 0 radical (unpaired) electrons. The molecular formula is C13H13NO2. The Kier molecular flexibility index (Phi) is 2.38. The van der Waals surface area contributed by atoms with Gasteiger partial charge in [0.25, 0.3) is 5.91 Å². The predicted octanol–water partition coefficient (Wildman–Crippen LogP) is 1.82. The van der Waals surface area contributed by atoms with Crippen LogP contribution in [-0.2, 0) is 0 Å². The number of hydrogen-bond acceptors (Lipinski definition) is 2. The normalized spacial score (nSPS) is 16.1. The number of benzene rings is 1. The summed E-state index contributed by atoms with van der Waals surface area (Å²) in [5.74, 6) is -0.239. The first kappa shape index (κ1) is 10.6. The molecule has 1 aromatic carbocycles. The third kappa shape index (κ3) is 1.45. The van der Waals surface area contributed by atoms with Crippen LogP contribution < -0.4 is 0 Å². The summed E-state index contributed by atoms with van der Waals surface area (Å²) >= 11 is 0. The molecule has 1 heterocycles.